The maximum atomic E-state index is 12.1. The highest BCUT2D eigenvalue weighted by atomic mass is 79.9. The fourth-order valence-electron chi connectivity index (χ4n) is 2.09. The minimum atomic E-state index is 0.0240. The number of rotatable bonds is 7. The summed E-state index contributed by atoms with van der Waals surface area (Å²) < 4.78 is 1.03. The second-order valence-electron chi connectivity index (χ2n) is 5.59. The van der Waals surface area contributed by atoms with Gasteiger partial charge in [0.1, 0.15) is 0 Å². The van der Waals surface area contributed by atoms with Crippen molar-refractivity contribution in [3.63, 3.8) is 0 Å². The van der Waals surface area contributed by atoms with Gasteiger partial charge in [0.2, 0.25) is 5.91 Å². The van der Waals surface area contributed by atoms with E-state index in [4.69, 9.17) is 5.73 Å². The molecule has 0 aliphatic carbocycles. The molecule has 1 aromatic rings. The van der Waals surface area contributed by atoms with Gasteiger partial charge in [-0.05, 0) is 44.4 Å². The first kappa shape index (κ1) is 17.2. The lowest BCUT2D eigenvalue weighted by Gasteiger charge is -2.18. The third-order valence-electron chi connectivity index (χ3n) is 3.45. The molecule has 3 atom stereocenters. The van der Waals surface area contributed by atoms with E-state index in [1.54, 1.807) is 0 Å². The van der Waals surface area contributed by atoms with Crippen molar-refractivity contribution in [2.75, 3.05) is 0 Å². The Morgan fingerprint density at radius 1 is 1.30 bits per heavy atom. The molecule has 1 aromatic carbocycles. The first-order valence-corrected chi connectivity index (χ1v) is 8.01. The van der Waals surface area contributed by atoms with Crippen LogP contribution in [0.5, 0.6) is 0 Å². The molecule has 0 aliphatic rings. The standard InChI is InChI=1S/C16H25BrN2O/c1-11(6-4-7-12(2)18)16(20)19-13(3)14-8-5-9-15(17)10-14/h5,8-13H,4,6-7,18H2,1-3H3,(H,19,20). The summed E-state index contributed by atoms with van der Waals surface area (Å²) >= 11 is 3.45. The van der Waals surface area contributed by atoms with E-state index in [2.05, 4.69) is 21.2 Å². The third-order valence-corrected chi connectivity index (χ3v) is 3.94. The summed E-state index contributed by atoms with van der Waals surface area (Å²) in [6, 6.07) is 8.26. The van der Waals surface area contributed by atoms with Gasteiger partial charge in [-0.1, -0.05) is 41.4 Å². The van der Waals surface area contributed by atoms with Crippen molar-refractivity contribution in [3.05, 3.63) is 34.3 Å². The van der Waals surface area contributed by atoms with Crippen LogP contribution >= 0.6 is 15.9 Å². The lowest BCUT2D eigenvalue weighted by Crippen LogP contribution is -2.31. The molecule has 20 heavy (non-hydrogen) atoms. The Labute approximate surface area is 130 Å². The van der Waals surface area contributed by atoms with Gasteiger partial charge >= 0.3 is 0 Å². The second-order valence-corrected chi connectivity index (χ2v) is 6.51. The number of carbonyl (C=O) groups excluding carboxylic acids is 1. The summed E-state index contributed by atoms with van der Waals surface area (Å²) in [4.78, 5) is 12.1. The molecular formula is C16H25BrN2O. The van der Waals surface area contributed by atoms with Crippen LogP contribution in [0.2, 0.25) is 0 Å². The molecule has 0 saturated heterocycles. The maximum Gasteiger partial charge on any atom is 0.223 e. The van der Waals surface area contributed by atoms with Crippen LogP contribution in [0, 0.1) is 5.92 Å². The third kappa shape index (κ3) is 6.06. The molecule has 1 rings (SSSR count). The first-order valence-electron chi connectivity index (χ1n) is 7.21. The van der Waals surface area contributed by atoms with E-state index >= 15 is 0 Å². The Kier molecular flexibility index (Phi) is 7.24. The Morgan fingerprint density at radius 2 is 2.00 bits per heavy atom. The average Bonchev–Trinajstić information content (AvgIpc) is 2.38. The van der Waals surface area contributed by atoms with E-state index in [-0.39, 0.29) is 23.9 Å². The summed E-state index contributed by atoms with van der Waals surface area (Å²) in [5, 5.41) is 3.07. The summed E-state index contributed by atoms with van der Waals surface area (Å²) in [7, 11) is 0. The number of amides is 1. The summed E-state index contributed by atoms with van der Waals surface area (Å²) in [6.07, 6.45) is 2.86. The highest BCUT2D eigenvalue weighted by Crippen LogP contribution is 2.19. The van der Waals surface area contributed by atoms with Gasteiger partial charge in [0, 0.05) is 16.4 Å². The van der Waals surface area contributed by atoms with Crippen molar-refractivity contribution in [3.8, 4) is 0 Å². The number of nitrogens with one attached hydrogen (secondary N) is 1. The zero-order valence-corrected chi connectivity index (χ0v) is 14.1. The minimum absolute atomic E-state index is 0.0240. The van der Waals surface area contributed by atoms with Crippen LogP contribution in [0.15, 0.2) is 28.7 Å². The molecule has 0 saturated carbocycles. The average molecular weight is 341 g/mol. The molecule has 0 heterocycles. The SMILES string of the molecule is CC(N)CCCC(C)C(=O)NC(C)c1cccc(Br)c1. The Morgan fingerprint density at radius 3 is 2.60 bits per heavy atom. The number of halogens is 1. The molecule has 0 spiro atoms. The van der Waals surface area contributed by atoms with Gasteiger partial charge in [0.25, 0.3) is 0 Å². The fourth-order valence-corrected chi connectivity index (χ4v) is 2.51. The van der Waals surface area contributed by atoms with E-state index in [0.29, 0.717) is 0 Å². The largest absolute Gasteiger partial charge is 0.349 e. The Balaban J connectivity index is 2.44. The van der Waals surface area contributed by atoms with E-state index in [9.17, 15) is 4.79 Å². The number of benzene rings is 1. The molecule has 112 valence electrons. The molecule has 0 aliphatic heterocycles. The van der Waals surface area contributed by atoms with Crippen LogP contribution < -0.4 is 11.1 Å². The summed E-state index contributed by atoms with van der Waals surface area (Å²) in [6.45, 7) is 5.98. The summed E-state index contributed by atoms with van der Waals surface area (Å²) in [5.74, 6) is 0.144. The molecule has 3 nitrogen and oxygen atoms in total. The molecule has 3 N–H and O–H groups in total. The van der Waals surface area contributed by atoms with Gasteiger partial charge in [-0.3, -0.25) is 4.79 Å². The lowest BCUT2D eigenvalue weighted by atomic mass is 10.0. The van der Waals surface area contributed by atoms with Gasteiger partial charge in [-0.15, -0.1) is 0 Å². The van der Waals surface area contributed by atoms with Crippen LogP contribution in [0.3, 0.4) is 0 Å². The molecule has 3 unspecified atom stereocenters. The van der Waals surface area contributed by atoms with Gasteiger partial charge in [-0.25, -0.2) is 0 Å². The van der Waals surface area contributed by atoms with Crippen molar-refractivity contribution in [2.45, 2.75) is 52.1 Å². The molecule has 0 aromatic heterocycles. The zero-order valence-electron chi connectivity index (χ0n) is 12.5. The predicted octanol–water partition coefficient (Wildman–Crippen LogP) is 3.78. The van der Waals surface area contributed by atoms with Gasteiger partial charge in [0.05, 0.1) is 6.04 Å². The van der Waals surface area contributed by atoms with Crippen LogP contribution in [-0.4, -0.2) is 11.9 Å². The molecule has 0 radical (unpaired) electrons. The van der Waals surface area contributed by atoms with Crippen LogP contribution in [-0.2, 0) is 4.79 Å². The predicted molar refractivity (Wildman–Crippen MR) is 87.4 cm³/mol. The fraction of sp³-hybridized carbons (Fsp3) is 0.562. The second kappa shape index (κ2) is 8.42. The smallest absolute Gasteiger partial charge is 0.223 e. The highest BCUT2D eigenvalue weighted by Gasteiger charge is 2.16. The monoisotopic (exact) mass is 340 g/mol. The number of hydrogen-bond donors (Lipinski definition) is 2. The van der Waals surface area contributed by atoms with Crippen LogP contribution in [0.1, 0.15) is 51.6 Å². The zero-order chi connectivity index (χ0) is 15.1. The van der Waals surface area contributed by atoms with E-state index in [1.165, 1.54) is 0 Å². The normalized spacial score (nSPS) is 15.4. The summed E-state index contributed by atoms with van der Waals surface area (Å²) in [5.41, 5.74) is 6.83. The minimum Gasteiger partial charge on any atom is -0.349 e. The van der Waals surface area contributed by atoms with Crippen molar-refractivity contribution < 1.29 is 4.79 Å². The van der Waals surface area contributed by atoms with E-state index in [1.807, 2.05) is 45.0 Å². The molecular weight excluding hydrogens is 316 g/mol. The van der Waals surface area contributed by atoms with Gasteiger partial charge < -0.3 is 11.1 Å². The Hall–Kier alpha value is -0.870. The number of nitrogens with two attached hydrogens (primary N) is 1. The quantitative estimate of drug-likeness (QED) is 0.793. The number of carbonyl (C=O) groups is 1. The lowest BCUT2D eigenvalue weighted by molar-refractivity contribution is -0.125. The van der Waals surface area contributed by atoms with Crippen molar-refractivity contribution in [1.82, 2.24) is 5.32 Å². The van der Waals surface area contributed by atoms with Crippen molar-refractivity contribution >= 4 is 21.8 Å². The molecule has 4 heteroatoms. The van der Waals surface area contributed by atoms with Crippen molar-refractivity contribution in [1.29, 1.82) is 0 Å². The van der Waals surface area contributed by atoms with Crippen molar-refractivity contribution in [2.24, 2.45) is 11.7 Å². The molecule has 0 bridgehead atoms. The Bertz CT molecular complexity index is 434. The van der Waals surface area contributed by atoms with Crippen LogP contribution in [0.25, 0.3) is 0 Å². The maximum absolute atomic E-state index is 12.1. The van der Waals surface area contributed by atoms with Gasteiger partial charge in [0.15, 0.2) is 0 Å². The first-order chi connectivity index (χ1) is 9.40. The van der Waals surface area contributed by atoms with E-state index < -0.39 is 0 Å². The topological polar surface area (TPSA) is 55.1 Å². The van der Waals surface area contributed by atoms with Crippen LogP contribution in [0.4, 0.5) is 0 Å². The number of hydrogen-bond acceptors (Lipinski definition) is 2. The van der Waals surface area contributed by atoms with E-state index in [0.717, 1.165) is 29.3 Å². The highest BCUT2D eigenvalue weighted by molar-refractivity contribution is 9.10. The van der Waals surface area contributed by atoms with Gasteiger partial charge in [-0.2, -0.15) is 0 Å². The molecule has 0 fully saturated rings. The molecule has 1 amide bonds.